The van der Waals surface area contributed by atoms with E-state index in [1.54, 1.807) is 0 Å². The number of nitrogens with zero attached hydrogens (tertiary/aromatic N) is 1. The Bertz CT molecular complexity index is 713. The quantitative estimate of drug-likeness (QED) is 0.481. The molecule has 0 heterocycles. The highest BCUT2D eigenvalue weighted by Gasteiger charge is 2.32. The predicted molar refractivity (Wildman–Crippen MR) is 123 cm³/mol. The maximum Gasteiger partial charge on any atom is 0.223 e. The summed E-state index contributed by atoms with van der Waals surface area (Å²) in [5, 5.41) is 1.39. The van der Waals surface area contributed by atoms with Crippen LogP contribution in [0.25, 0.3) is 5.57 Å². The van der Waals surface area contributed by atoms with Gasteiger partial charge in [0.2, 0.25) is 8.32 Å². The summed E-state index contributed by atoms with van der Waals surface area (Å²) in [5.74, 6) is 0. The van der Waals surface area contributed by atoms with Gasteiger partial charge in [-0.1, -0.05) is 56.8 Å². The normalized spacial score (nSPS) is 11.4. The van der Waals surface area contributed by atoms with E-state index in [0.29, 0.717) is 0 Å². The van der Waals surface area contributed by atoms with E-state index in [4.69, 9.17) is 4.43 Å². The zero-order chi connectivity index (χ0) is 19.9. The Morgan fingerprint density at radius 2 is 1.30 bits per heavy atom. The number of hydrogen-bond acceptors (Lipinski definition) is 2. The van der Waals surface area contributed by atoms with Crippen LogP contribution in [0.4, 0.5) is 5.69 Å². The Kier molecular flexibility index (Phi) is 7.87. The second kappa shape index (κ2) is 9.91. The van der Waals surface area contributed by atoms with Gasteiger partial charge in [0.05, 0.1) is 0 Å². The van der Waals surface area contributed by atoms with E-state index in [1.165, 1.54) is 22.0 Å². The molecule has 2 aromatic carbocycles. The van der Waals surface area contributed by atoms with Gasteiger partial charge in [-0.05, 0) is 66.9 Å². The molecule has 3 heteroatoms. The van der Waals surface area contributed by atoms with Crippen LogP contribution in [0.1, 0.15) is 45.7 Å². The Morgan fingerprint density at radius 1 is 0.815 bits per heavy atom. The highest BCUT2D eigenvalue weighted by atomic mass is 28.4. The van der Waals surface area contributed by atoms with Crippen molar-refractivity contribution in [2.45, 2.75) is 46.7 Å². The van der Waals surface area contributed by atoms with E-state index in [1.807, 2.05) is 0 Å². The molecule has 0 aliphatic carbocycles. The molecule has 146 valence electrons. The molecule has 0 spiro atoms. The van der Waals surface area contributed by atoms with Crippen molar-refractivity contribution in [2.24, 2.45) is 0 Å². The minimum Gasteiger partial charge on any atom is -0.413 e. The molecule has 27 heavy (non-hydrogen) atoms. The first kappa shape index (κ1) is 21.5. The summed E-state index contributed by atoms with van der Waals surface area (Å²) < 4.78 is 6.27. The fourth-order valence-electron chi connectivity index (χ4n) is 3.83. The molecule has 0 aliphatic rings. The molecule has 0 saturated carbocycles. The fourth-order valence-corrected chi connectivity index (χ4v) is 7.04. The third-order valence-corrected chi connectivity index (χ3v) is 10.2. The summed E-state index contributed by atoms with van der Waals surface area (Å²) >= 11 is 0. The van der Waals surface area contributed by atoms with Crippen LogP contribution in [0.5, 0.6) is 0 Å². The van der Waals surface area contributed by atoms with Crippen LogP contribution < -0.4 is 10.1 Å². The second-order valence-corrected chi connectivity index (χ2v) is 11.2. The smallest absolute Gasteiger partial charge is 0.223 e. The molecule has 0 N–H and O–H groups in total. The summed E-state index contributed by atoms with van der Waals surface area (Å²) in [6.07, 6.45) is 0. The molecule has 0 atom stereocenters. The summed E-state index contributed by atoms with van der Waals surface area (Å²) in [6, 6.07) is 19.9. The zero-order valence-corrected chi connectivity index (χ0v) is 18.7. The van der Waals surface area contributed by atoms with Crippen LogP contribution in [0, 0.1) is 0 Å². The first-order valence-corrected chi connectivity index (χ1v) is 12.7. The van der Waals surface area contributed by atoms with Crippen LogP contribution in [-0.2, 0) is 4.43 Å². The van der Waals surface area contributed by atoms with Crippen LogP contribution in [0.3, 0.4) is 0 Å². The van der Waals surface area contributed by atoms with Gasteiger partial charge in [0.15, 0.2) is 0 Å². The zero-order valence-electron chi connectivity index (χ0n) is 17.7. The number of benzene rings is 2. The number of anilines is 1. The van der Waals surface area contributed by atoms with E-state index in [0.717, 1.165) is 37.4 Å². The maximum absolute atomic E-state index is 6.27. The van der Waals surface area contributed by atoms with Gasteiger partial charge in [0.1, 0.15) is 0 Å². The molecular weight excluding hydrogens is 346 g/mol. The molecule has 0 unspecified atom stereocenters. The molecule has 0 amide bonds. The summed E-state index contributed by atoms with van der Waals surface area (Å²) in [6.45, 7) is 18.2. The number of hydrogen-bond donors (Lipinski definition) is 0. The Balaban J connectivity index is 2.22. The van der Waals surface area contributed by atoms with Crippen molar-refractivity contribution in [3.63, 3.8) is 0 Å². The van der Waals surface area contributed by atoms with Crippen molar-refractivity contribution in [1.82, 2.24) is 0 Å². The minimum atomic E-state index is -1.82. The molecule has 0 radical (unpaired) electrons. The Hall–Kier alpha value is -1.84. The van der Waals surface area contributed by atoms with Gasteiger partial charge in [-0.15, -0.1) is 0 Å². The van der Waals surface area contributed by atoms with Crippen molar-refractivity contribution >= 4 is 24.8 Å². The topological polar surface area (TPSA) is 12.5 Å². The predicted octanol–water partition coefficient (Wildman–Crippen LogP) is 5.82. The average molecular weight is 382 g/mol. The van der Waals surface area contributed by atoms with Crippen molar-refractivity contribution < 1.29 is 4.43 Å². The minimum absolute atomic E-state index is 0.793. The van der Waals surface area contributed by atoms with Crippen LogP contribution in [0.15, 0.2) is 55.1 Å². The largest absolute Gasteiger partial charge is 0.413 e. The van der Waals surface area contributed by atoms with Gasteiger partial charge in [-0.25, -0.2) is 0 Å². The van der Waals surface area contributed by atoms with Crippen LogP contribution >= 0.6 is 0 Å². The molecule has 2 nitrogen and oxygen atoms in total. The molecule has 0 aliphatic heterocycles. The van der Waals surface area contributed by atoms with Gasteiger partial charge in [-0.3, -0.25) is 0 Å². The average Bonchev–Trinajstić information content (AvgIpc) is 2.73. The van der Waals surface area contributed by atoms with Gasteiger partial charge < -0.3 is 9.33 Å². The summed E-state index contributed by atoms with van der Waals surface area (Å²) in [7, 11) is -1.82. The van der Waals surface area contributed by atoms with Gasteiger partial charge in [0, 0.05) is 25.4 Å². The van der Waals surface area contributed by atoms with Crippen LogP contribution in [0.2, 0.25) is 12.1 Å². The van der Waals surface area contributed by atoms with Crippen LogP contribution in [-0.4, -0.2) is 28.0 Å². The molecule has 0 bridgehead atoms. The first-order valence-electron chi connectivity index (χ1n) is 10.3. The number of rotatable bonds is 10. The molecule has 0 fully saturated rings. The lowest BCUT2D eigenvalue weighted by molar-refractivity contribution is 0.330. The molecule has 2 aromatic rings. The third-order valence-electron chi connectivity index (χ3n) is 5.67. The van der Waals surface area contributed by atoms with Gasteiger partial charge in [-0.2, -0.15) is 0 Å². The first-order chi connectivity index (χ1) is 13.0. The van der Waals surface area contributed by atoms with Crippen molar-refractivity contribution in [2.75, 3.05) is 24.6 Å². The van der Waals surface area contributed by atoms with Crippen molar-refractivity contribution in [3.05, 3.63) is 66.2 Å². The van der Waals surface area contributed by atoms with E-state index in [9.17, 15) is 0 Å². The standard InChI is InChI=1S/C24H35NOSi/c1-7-25(8-2)23-16-12-21(13-17-23)20(6)22-14-18-24(19-15-22)27(10-4,11-5)26-9-3/h12-19H,6-11H2,1-5H3. The highest BCUT2D eigenvalue weighted by molar-refractivity contribution is 6.86. The molecule has 0 aromatic heterocycles. The Morgan fingerprint density at radius 3 is 1.70 bits per heavy atom. The lowest BCUT2D eigenvalue weighted by Gasteiger charge is -2.29. The fraction of sp³-hybridized carbons (Fsp3) is 0.417. The van der Waals surface area contributed by atoms with E-state index in [-0.39, 0.29) is 0 Å². The molecule has 0 saturated heterocycles. The molecular formula is C24H35NOSi. The maximum atomic E-state index is 6.27. The van der Waals surface area contributed by atoms with Gasteiger partial charge in [0.25, 0.3) is 0 Å². The van der Waals surface area contributed by atoms with E-state index < -0.39 is 8.32 Å². The molecule has 2 rings (SSSR count). The lowest BCUT2D eigenvalue weighted by Crippen LogP contribution is -2.49. The monoisotopic (exact) mass is 381 g/mol. The highest BCUT2D eigenvalue weighted by Crippen LogP contribution is 2.25. The Labute approximate surface area is 167 Å². The SMILES string of the molecule is C=C(c1ccc(N(CC)CC)cc1)c1ccc([Si](CC)(CC)OCC)cc1. The van der Waals surface area contributed by atoms with E-state index in [2.05, 4.69) is 94.6 Å². The van der Waals surface area contributed by atoms with Crippen molar-refractivity contribution in [3.8, 4) is 0 Å². The third kappa shape index (κ3) is 4.71. The van der Waals surface area contributed by atoms with E-state index >= 15 is 0 Å². The summed E-state index contributed by atoms with van der Waals surface area (Å²) in [5.41, 5.74) is 4.70. The van der Waals surface area contributed by atoms with Gasteiger partial charge >= 0.3 is 0 Å². The second-order valence-electron chi connectivity index (χ2n) is 6.91. The lowest BCUT2D eigenvalue weighted by atomic mass is 9.99. The van der Waals surface area contributed by atoms with Crippen molar-refractivity contribution in [1.29, 1.82) is 0 Å². The summed E-state index contributed by atoms with van der Waals surface area (Å²) in [4.78, 5) is 2.36.